The quantitative estimate of drug-likeness (QED) is 0.835. The van der Waals surface area contributed by atoms with Gasteiger partial charge in [-0.05, 0) is 25.0 Å². The number of aromatic nitrogens is 1. The fourth-order valence-corrected chi connectivity index (χ4v) is 2.48. The van der Waals surface area contributed by atoms with Crippen LogP contribution in [0.2, 0.25) is 0 Å². The van der Waals surface area contributed by atoms with Gasteiger partial charge < -0.3 is 10.4 Å². The van der Waals surface area contributed by atoms with E-state index in [4.69, 9.17) is 0 Å². The first-order valence-electron chi connectivity index (χ1n) is 6.89. The van der Waals surface area contributed by atoms with Crippen molar-refractivity contribution in [3.63, 3.8) is 0 Å². The van der Waals surface area contributed by atoms with Crippen LogP contribution in [0.1, 0.15) is 44.1 Å². The number of alkyl halides is 3. The van der Waals surface area contributed by atoms with Crippen molar-refractivity contribution in [1.29, 1.82) is 0 Å². The summed E-state index contributed by atoms with van der Waals surface area (Å²) >= 11 is 0. The van der Waals surface area contributed by atoms with Crippen molar-refractivity contribution in [1.82, 2.24) is 4.98 Å². The van der Waals surface area contributed by atoms with Crippen LogP contribution >= 0.6 is 0 Å². The first-order valence-corrected chi connectivity index (χ1v) is 6.89. The van der Waals surface area contributed by atoms with Gasteiger partial charge in [0.25, 0.3) is 0 Å². The molecule has 0 saturated heterocycles. The van der Waals surface area contributed by atoms with Gasteiger partial charge in [0.2, 0.25) is 0 Å². The maximum atomic E-state index is 12.4. The topological polar surface area (TPSA) is 45.1 Å². The summed E-state index contributed by atoms with van der Waals surface area (Å²) in [4.78, 5) is 3.74. The highest BCUT2D eigenvalue weighted by atomic mass is 19.4. The molecule has 6 heteroatoms. The lowest BCUT2D eigenvalue weighted by molar-refractivity contribution is -0.137. The van der Waals surface area contributed by atoms with Crippen LogP contribution in [0.3, 0.4) is 0 Å². The molecule has 0 amide bonds. The summed E-state index contributed by atoms with van der Waals surface area (Å²) in [6.45, 7) is 0.325. The molecular formula is C14H19F3N2O. The monoisotopic (exact) mass is 288 g/mol. The Balaban J connectivity index is 1.93. The molecule has 3 nitrogen and oxygen atoms in total. The zero-order valence-corrected chi connectivity index (χ0v) is 11.2. The summed E-state index contributed by atoms with van der Waals surface area (Å²) in [5.41, 5.74) is -1.54. The van der Waals surface area contributed by atoms with E-state index in [0.29, 0.717) is 12.4 Å². The molecule has 20 heavy (non-hydrogen) atoms. The van der Waals surface area contributed by atoms with Crippen molar-refractivity contribution in [3.8, 4) is 0 Å². The molecule has 0 atom stereocenters. The molecule has 0 spiro atoms. The van der Waals surface area contributed by atoms with Crippen LogP contribution < -0.4 is 5.32 Å². The molecule has 2 rings (SSSR count). The Kier molecular flexibility index (Phi) is 4.52. The average Bonchev–Trinajstić information content (AvgIpc) is 2.61. The molecule has 1 heterocycles. The third kappa shape index (κ3) is 4.10. The third-order valence-electron chi connectivity index (χ3n) is 3.72. The van der Waals surface area contributed by atoms with Crippen LogP contribution in [-0.2, 0) is 6.18 Å². The number of halogens is 3. The van der Waals surface area contributed by atoms with Gasteiger partial charge in [0, 0.05) is 12.7 Å². The Bertz CT molecular complexity index is 423. The molecule has 1 aromatic heterocycles. The number of pyridine rings is 1. The maximum absolute atomic E-state index is 12.4. The minimum absolute atomic E-state index is 0.325. The highest BCUT2D eigenvalue weighted by Crippen LogP contribution is 2.30. The van der Waals surface area contributed by atoms with Crippen molar-refractivity contribution in [3.05, 3.63) is 23.9 Å². The van der Waals surface area contributed by atoms with Crippen molar-refractivity contribution in [2.75, 3.05) is 11.9 Å². The maximum Gasteiger partial charge on any atom is 0.417 e. The van der Waals surface area contributed by atoms with Gasteiger partial charge in [-0.3, -0.25) is 0 Å². The zero-order valence-electron chi connectivity index (χ0n) is 11.2. The highest BCUT2D eigenvalue weighted by molar-refractivity contribution is 5.36. The Morgan fingerprint density at radius 2 is 1.80 bits per heavy atom. The van der Waals surface area contributed by atoms with Gasteiger partial charge >= 0.3 is 6.18 Å². The Hall–Kier alpha value is -1.30. The summed E-state index contributed by atoms with van der Waals surface area (Å²) in [6.07, 6.45) is 2.10. The van der Waals surface area contributed by atoms with Gasteiger partial charge in [-0.1, -0.05) is 25.7 Å². The fraction of sp³-hybridized carbons (Fsp3) is 0.643. The molecule has 2 N–H and O–H groups in total. The normalized spacial score (nSPS) is 19.4. The van der Waals surface area contributed by atoms with Gasteiger partial charge in [0.15, 0.2) is 0 Å². The van der Waals surface area contributed by atoms with Crippen LogP contribution in [0, 0.1) is 0 Å². The van der Waals surface area contributed by atoms with E-state index < -0.39 is 17.3 Å². The van der Waals surface area contributed by atoms with Crippen LogP contribution in [0.25, 0.3) is 0 Å². The number of aliphatic hydroxyl groups is 1. The molecule has 0 radical (unpaired) electrons. The number of hydrogen-bond acceptors (Lipinski definition) is 3. The molecule has 1 aliphatic rings. The van der Waals surface area contributed by atoms with E-state index in [2.05, 4.69) is 10.3 Å². The van der Waals surface area contributed by atoms with Gasteiger partial charge in [0.05, 0.1) is 11.2 Å². The smallest absolute Gasteiger partial charge is 0.388 e. The molecule has 0 bridgehead atoms. The Morgan fingerprint density at radius 3 is 2.30 bits per heavy atom. The fourth-order valence-electron chi connectivity index (χ4n) is 2.48. The minimum atomic E-state index is -4.37. The predicted octanol–water partition coefficient (Wildman–Crippen LogP) is 3.60. The molecule has 1 fully saturated rings. The first-order chi connectivity index (χ1) is 9.39. The number of hydrogen-bond donors (Lipinski definition) is 2. The van der Waals surface area contributed by atoms with Crippen molar-refractivity contribution in [2.45, 2.75) is 50.3 Å². The van der Waals surface area contributed by atoms with Gasteiger partial charge in [-0.25, -0.2) is 4.98 Å². The average molecular weight is 288 g/mol. The molecule has 1 aromatic rings. The molecule has 1 aliphatic carbocycles. The van der Waals surface area contributed by atoms with Crippen LogP contribution in [0.5, 0.6) is 0 Å². The standard InChI is InChI=1S/C14H19F3N2O/c15-14(16,17)11-5-6-12(18-9-11)19-10-13(20)7-3-1-2-4-8-13/h5-6,9,20H,1-4,7-8,10H2,(H,18,19). The lowest BCUT2D eigenvalue weighted by Crippen LogP contribution is -2.36. The number of anilines is 1. The first kappa shape index (κ1) is 15.1. The Morgan fingerprint density at radius 1 is 1.15 bits per heavy atom. The molecular weight excluding hydrogens is 269 g/mol. The van der Waals surface area contributed by atoms with E-state index >= 15 is 0 Å². The second-order valence-corrected chi connectivity index (χ2v) is 5.42. The molecule has 0 unspecified atom stereocenters. The lowest BCUT2D eigenvalue weighted by atomic mass is 9.94. The van der Waals surface area contributed by atoms with E-state index in [1.54, 1.807) is 0 Å². The van der Waals surface area contributed by atoms with E-state index in [-0.39, 0.29) is 0 Å². The third-order valence-corrected chi connectivity index (χ3v) is 3.72. The number of nitrogens with one attached hydrogen (secondary N) is 1. The highest BCUT2D eigenvalue weighted by Gasteiger charge is 2.31. The number of nitrogens with zero attached hydrogens (tertiary/aromatic N) is 1. The summed E-state index contributed by atoms with van der Waals surface area (Å²) in [5.74, 6) is 0.357. The summed E-state index contributed by atoms with van der Waals surface area (Å²) in [6, 6.07) is 2.29. The second kappa shape index (κ2) is 5.99. The van der Waals surface area contributed by atoms with Gasteiger partial charge in [-0.15, -0.1) is 0 Å². The predicted molar refractivity (Wildman–Crippen MR) is 70.4 cm³/mol. The van der Waals surface area contributed by atoms with Crippen LogP contribution in [-0.4, -0.2) is 22.2 Å². The molecule has 1 saturated carbocycles. The second-order valence-electron chi connectivity index (χ2n) is 5.42. The van der Waals surface area contributed by atoms with E-state index in [1.807, 2.05) is 0 Å². The Labute approximate surface area is 116 Å². The van der Waals surface area contributed by atoms with Crippen molar-refractivity contribution >= 4 is 5.82 Å². The van der Waals surface area contributed by atoms with Crippen LogP contribution in [0.4, 0.5) is 19.0 Å². The van der Waals surface area contributed by atoms with Gasteiger partial charge in [0.1, 0.15) is 5.82 Å². The summed E-state index contributed by atoms with van der Waals surface area (Å²) < 4.78 is 37.2. The van der Waals surface area contributed by atoms with E-state index in [9.17, 15) is 18.3 Å². The SMILES string of the molecule is OC1(CNc2ccc(C(F)(F)F)cn2)CCCCCC1. The number of rotatable bonds is 3. The molecule has 0 aromatic carbocycles. The van der Waals surface area contributed by atoms with E-state index in [1.165, 1.54) is 6.07 Å². The molecule has 112 valence electrons. The summed E-state index contributed by atoms with van der Waals surface area (Å²) in [5, 5.41) is 13.4. The van der Waals surface area contributed by atoms with Crippen LogP contribution in [0.15, 0.2) is 18.3 Å². The molecule has 0 aliphatic heterocycles. The minimum Gasteiger partial charge on any atom is -0.388 e. The zero-order chi connectivity index (χ0) is 14.6. The van der Waals surface area contributed by atoms with Crippen molar-refractivity contribution in [2.24, 2.45) is 0 Å². The van der Waals surface area contributed by atoms with Gasteiger partial charge in [-0.2, -0.15) is 13.2 Å². The largest absolute Gasteiger partial charge is 0.417 e. The van der Waals surface area contributed by atoms with Crippen molar-refractivity contribution < 1.29 is 18.3 Å². The lowest BCUT2D eigenvalue weighted by Gasteiger charge is -2.27. The summed E-state index contributed by atoms with van der Waals surface area (Å²) in [7, 11) is 0. The van der Waals surface area contributed by atoms with E-state index in [0.717, 1.165) is 50.8 Å².